The Balaban J connectivity index is 1.15. The fourth-order valence-electron chi connectivity index (χ4n) is 5.95. The van der Waals surface area contributed by atoms with E-state index in [0.29, 0.717) is 52.1 Å². The van der Waals surface area contributed by atoms with Crippen molar-refractivity contribution in [2.75, 3.05) is 33.2 Å². The smallest absolute Gasteiger partial charge is 0.306 e. The molecule has 2 heterocycles. The molecule has 0 bridgehead atoms. The summed E-state index contributed by atoms with van der Waals surface area (Å²) in [6.07, 6.45) is 10.2. The molecule has 0 spiro atoms. The zero-order valence-corrected chi connectivity index (χ0v) is 29.1. The maximum atomic E-state index is 12.2. The van der Waals surface area contributed by atoms with Crippen molar-refractivity contribution in [3.8, 4) is 45.3 Å². The van der Waals surface area contributed by atoms with E-state index in [2.05, 4.69) is 29.2 Å². The van der Waals surface area contributed by atoms with E-state index in [1.54, 1.807) is 19.3 Å². The predicted octanol–water partition coefficient (Wildman–Crippen LogP) is 8.54. The number of aryl methyl sites for hydroxylation is 1. The van der Waals surface area contributed by atoms with E-state index in [0.717, 1.165) is 82.9 Å². The van der Waals surface area contributed by atoms with E-state index in [1.807, 2.05) is 49.4 Å². The summed E-state index contributed by atoms with van der Waals surface area (Å²) in [7, 11) is 0. The van der Waals surface area contributed by atoms with E-state index in [4.69, 9.17) is 28.4 Å². The highest BCUT2D eigenvalue weighted by atomic mass is 16.7. The number of ether oxygens (including phenoxy) is 6. The van der Waals surface area contributed by atoms with Crippen LogP contribution in [0.1, 0.15) is 69.9 Å². The second kappa shape index (κ2) is 19.2. The summed E-state index contributed by atoms with van der Waals surface area (Å²) < 4.78 is 33.7. The number of rotatable bonds is 20. The molecule has 0 aliphatic carbocycles. The van der Waals surface area contributed by atoms with E-state index in [9.17, 15) is 9.59 Å². The van der Waals surface area contributed by atoms with E-state index < -0.39 is 0 Å². The zero-order chi connectivity index (χ0) is 35.0. The van der Waals surface area contributed by atoms with Gasteiger partial charge in [-0.1, -0.05) is 31.0 Å². The van der Waals surface area contributed by atoms with Gasteiger partial charge < -0.3 is 28.4 Å². The maximum absolute atomic E-state index is 12.2. The minimum Gasteiger partial charge on any atom is -0.494 e. The summed E-state index contributed by atoms with van der Waals surface area (Å²) in [5.74, 6) is 2.64. The Hall–Kier alpha value is -5.05. The number of pyridine rings is 1. The Morgan fingerprint density at radius 3 is 2.18 bits per heavy atom. The van der Waals surface area contributed by atoms with Gasteiger partial charge in [0.05, 0.1) is 26.4 Å². The normalized spacial score (nSPS) is 11.6. The van der Waals surface area contributed by atoms with Crippen molar-refractivity contribution in [3.63, 3.8) is 0 Å². The van der Waals surface area contributed by atoms with Gasteiger partial charge in [0.25, 0.3) is 0 Å². The number of aromatic nitrogens is 1. The van der Waals surface area contributed by atoms with Crippen molar-refractivity contribution < 1.29 is 38.0 Å². The van der Waals surface area contributed by atoms with Gasteiger partial charge in [0.1, 0.15) is 11.5 Å². The van der Waals surface area contributed by atoms with Crippen molar-refractivity contribution in [2.45, 2.75) is 71.6 Å². The number of nitrogens with zero attached hydrogens (tertiary/aromatic N) is 1. The number of hydrogen-bond acceptors (Lipinski definition) is 9. The van der Waals surface area contributed by atoms with Gasteiger partial charge in [0, 0.05) is 25.2 Å². The lowest BCUT2D eigenvalue weighted by molar-refractivity contribution is -0.144. The molecule has 9 nitrogen and oxygen atoms in total. The molecule has 50 heavy (non-hydrogen) atoms. The third-order valence-corrected chi connectivity index (χ3v) is 8.44. The molecule has 3 aromatic carbocycles. The Morgan fingerprint density at radius 1 is 0.660 bits per heavy atom. The molecule has 0 unspecified atom stereocenters. The van der Waals surface area contributed by atoms with Crippen LogP contribution in [-0.2, 0) is 31.9 Å². The molecule has 1 aliphatic rings. The van der Waals surface area contributed by atoms with Crippen LogP contribution >= 0.6 is 0 Å². The van der Waals surface area contributed by atoms with Gasteiger partial charge in [-0.05, 0) is 128 Å². The number of hydrogen-bond donors (Lipinski definition) is 0. The molecule has 264 valence electrons. The first-order valence-electron chi connectivity index (χ1n) is 17.7. The maximum Gasteiger partial charge on any atom is 0.306 e. The second-order valence-electron chi connectivity index (χ2n) is 12.0. The van der Waals surface area contributed by atoms with Crippen LogP contribution in [0.4, 0.5) is 0 Å². The highest BCUT2D eigenvalue weighted by Crippen LogP contribution is 2.38. The summed E-state index contributed by atoms with van der Waals surface area (Å²) in [5, 5.41) is 0. The topological polar surface area (TPSA) is 102 Å². The van der Waals surface area contributed by atoms with Gasteiger partial charge in [-0.25, -0.2) is 0 Å². The molecule has 1 aliphatic heterocycles. The summed E-state index contributed by atoms with van der Waals surface area (Å²) in [6.45, 7) is 5.59. The molecule has 0 amide bonds. The quantitative estimate of drug-likeness (QED) is 0.0671. The van der Waals surface area contributed by atoms with Crippen LogP contribution in [-0.4, -0.2) is 50.1 Å². The number of esters is 2. The fourth-order valence-corrected chi connectivity index (χ4v) is 5.95. The lowest BCUT2D eigenvalue weighted by Crippen LogP contribution is -2.10. The van der Waals surface area contributed by atoms with Gasteiger partial charge >= 0.3 is 11.9 Å². The molecular formula is C41H47NO8. The SMILES string of the molecule is CCOC(=O)CCCOc1cccc(CCCCCCOc2cc(-c3ccncc3)cc(-c3ccc4c(c3)OCO4)c2)c1CCC(=O)OCC. The number of benzene rings is 3. The molecule has 0 saturated carbocycles. The molecule has 0 saturated heterocycles. The molecular weight excluding hydrogens is 634 g/mol. The standard InChI is InChI=1S/C41H47NO8/c1-3-45-40(43)14-10-24-48-37-13-9-12-31(36(37)16-18-41(44)46-4-2)11-7-5-6-8-23-47-35-26-33(30-19-21-42-22-20-30)25-34(27-35)32-15-17-38-39(28-32)50-29-49-38/h9,12-13,15,17,19-22,25-28H,3-8,10-11,14,16,18,23-24,29H2,1-2H3. The summed E-state index contributed by atoms with van der Waals surface area (Å²) in [6, 6.07) is 22.3. The van der Waals surface area contributed by atoms with Gasteiger partial charge in [-0.3, -0.25) is 14.6 Å². The third-order valence-electron chi connectivity index (χ3n) is 8.44. The minimum absolute atomic E-state index is 0.218. The van der Waals surface area contributed by atoms with E-state index in [-0.39, 0.29) is 18.7 Å². The molecule has 0 N–H and O–H groups in total. The first-order chi connectivity index (χ1) is 24.5. The van der Waals surface area contributed by atoms with Crippen LogP contribution in [0.5, 0.6) is 23.0 Å². The molecule has 4 aromatic rings. The van der Waals surface area contributed by atoms with Crippen LogP contribution in [0, 0.1) is 0 Å². The number of carbonyl (C=O) groups is 2. The van der Waals surface area contributed by atoms with Crippen LogP contribution in [0.2, 0.25) is 0 Å². The van der Waals surface area contributed by atoms with Gasteiger partial charge in [0.2, 0.25) is 6.79 Å². The molecule has 0 atom stereocenters. The van der Waals surface area contributed by atoms with Gasteiger partial charge in [-0.15, -0.1) is 0 Å². The summed E-state index contributed by atoms with van der Waals surface area (Å²) in [5.41, 5.74) is 6.41. The van der Waals surface area contributed by atoms with Crippen LogP contribution in [0.25, 0.3) is 22.3 Å². The first-order valence-corrected chi connectivity index (χ1v) is 17.7. The summed E-state index contributed by atoms with van der Waals surface area (Å²) >= 11 is 0. The van der Waals surface area contributed by atoms with Crippen molar-refractivity contribution in [1.29, 1.82) is 0 Å². The molecule has 5 rings (SSSR count). The van der Waals surface area contributed by atoms with Crippen molar-refractivity contribution >= 4 is 11.9 Å². The fraction of sp³-hybridized carbons (Fsp3) is 0.390. The molecule has 1 aromatic heterocycles. The number of carbonyl (C=O) groups excluding carboxylic acids is 2. The molecule has 0 radical (unpaired) electrons. The predicted molar refractivity (Wildman–Crippen MR) is 192 cm³/mol. The van der Waals surface area contributed by atoms with E-state index >= 15 is 0 Å². The van der Waals surface area contributed by atoms with E-state index in [1.165, 1.54) is 5.56 Å². The monoisotopic (exact) mass is 681 g/mol. The van der Waals surface area contributed by atoms with Crippen LogP contribution < -0.4 is 18.9 Å². The third kappa shape index (κ3) is 10.7. The van der Waals surface area contributed by atoms with Crippen LogP contribution in [0.3, 0.4) is 0 Å². The second-order valence-corrected chi connectivity index (χ2v) is 12.0. The Bertz CT molecular complexity index is 1690. The minimum atomic E-state index is -0.220. The highest BCUT2D eigenvalue weighted by molar-refractivity contribution is 5.76. The van der Waals surface area contributed by atoms with Crippen molar-refractivity contribution in [2.24, 2.45) is 0 Å². The van der Waals surface area contributed by atoms with Gasteiger partial charge in [-0.2, -0.15) is 0 Å². The molecule has 0 fully saturated rings. The largest absolute Gasteiger partial charge is 0.494 e. The average Bonchev–Trinajstić information content (AvgIpc) is 3.61. The van der Waals surface area contributed by atoms with Gasteiger partial charge in [0.15, 0.2) is 11.5 Å². The number of unbranched alkanes of at least 4 members (excludes halogenated alkanes) is 3. The zero-order valence-electron chi connectivity index (χ0n) is 29.1. The van der Waals surface area contributed by atoms with Crippen molar-refractivity contribution in [1.82, 2.24) is 4.98 Å². The lowest BCUT2D eigenvalue weighted by Gasteiger charge is -2.16. The summed E-state index contributed by atoms with van der Waals surface area (Å²) in [4.78, 5) is 28.1. The van der Waals surface area contributed by atoms with Crippen LogP contribution in [0.15, 0.2) is 79.1 Å². The lowest BCUT2D eigenvalue weighted by atomic mass is 9.96. The van der Waals surface area contributed by atoms with Crippen molar-refractivity contribution in [3.05, 3.63) is 90.3 Å². The Morgan fingerprint density at radius 2 is 1.38 bits per heavy atom. The Labute approximate surface area is 294 Å². The first kappa shape index (κ1) is 36.2. The number of fused-ring (bicyclic) bond motifs is 1. The highest BCUT2D eigenvalue weighted by Gasteiger charge is 2.16. The molecule has 9 heteroatoms. The Kier molecular flexibility index (Phi) is 13.9. The average molecular weight is 682 g/mol.